The number of carbonyl (C=O) groups is 1. The highest BCUT2D eigenvalue weighted by Crippen LogP contribution is 2.00. The summed E-state index contributed by atoms with van der Waals surface area (Å²) < 4.78 is 4.59. The molecule has 0 N–H and O–H groups in total. The number of allylic oxidation sites excluding steroid dienone is 4. The fourth-order valence-electron chi connectivity index (χ4n) is 1.11. The first-order chi connectivity index (χ1) is 10.2. The van der Waals surface area contributed by atoms with Gasteiger partial charge in [0.2, 0.25) is 0 Å². The molecule has 0 spiro atoms. The van der Waals surface area contributed by atoms with Gasteiger partial charge in [-0.15, -0.1) is 0 Å². The summed E-state index contributed by atoms with van der Waals surface area (Å²) in [5.74, 6) is -0.381. The van der Waals surface area contributed by atoms with E-state index in [-0.39, 0.29) is 5.97 Å². The van der Waals surface area contributed by atoms with E-state index in [1.165, 1.54) is 6.08 Å². The fourth-order valence-corrected chi connectivity index (χ4v) is 1.11. The Morgan fingerprint density at radius 3 is 2.62 bits per heavy atom. The topological polar surface area (TPSA) is 50.1 Å². The summed E-state index contributed by atoms with van der Waals surface area (Å²) in [6, 6.07) is 11.9. The van der Waals surface area contributed by atoms with Crippen LogP contribution < -0.4 is 0 Å². The fraction of sp³-hybridized carbons (Fsp3) is 0.111. The molecular formula is C18H19NO2. The summed E-state index contributed by atoms with van der Waals surface area (Å²) in [6.45, 7) is 5.44. The molecule has 0 amide bonds. The van der Waals surface area contributed by atoms with Crippen molar-refractivity contribution in [3.8, 4) is 6.07 Å². The van der Waals surface area contributed by atoms with Gasteiger partial charge < -0.3 is 4.74 Å². The van der Waals surface area contributed by atoms with E-state index >= 15 is 0 Å². The molecule has 3 nitrogen and oxygen atoms in total. The predicted molar refractivity (Wildman–Crippen MR) is 86.2 cm³/mol. The van der Waals surface area contributed by atoms with E-state index in [1.54, 1.807) is 12.2 Å². The van der Waals surface area contributed by atoms with Crippen molar-refractivity contribution in [2.75, 3.05) is 6.61 Å². The molecule has 0 saturated carbocycles. The van der Waals surface area contributed by atoms with Gasteiger partial charge in [-0.05, 0) is 12.5 Å². The highest BCUT2D eigenvalue weighted by Gasteiger charge is 1.88. The molecule has 0 aromatic heterocycles. The van der Waals surface area contributed by atoms with Gasteiger partial charge in [0.25, 0.3) is 0 Å². The zero-order chi connectivity index (χ0) is 15.8. The highest BCUT2D eigenvalue weighted by molar-refractivity contribution is 5.81. The molecule has 0 aliphatic carbocycles. The summed E-state index contributed by atoms with van der Waals surface area (Å²) >= 11 is 0. The van der Waals surface area contributed by atoms with Gasteiger partial charge in [-0.1, -0.05) is 67.3 Å². The first-order valence-electron chi connectivity index (χ1n) is 6.42. The molecule has 0 atom stereocenters. The summed E-state index contributed by atoms with van der Waals surface area (Å²) in [6.07, 6.45) is 11.7. The maximum atomic E-state index is 10.3. The van der Waals surface area contributed by atoms with Crippen LogP contribution in [0.1, 0.15) is 12.5 Å². The number of benzene rings is 1. The molecule has 0 aliphatic heterocycles. The van der Waals surface area contributed by atoms with Crippen molar-refractivity contribution < 1.29 is 9.53 Å². The quantitative estimate of drug-likeness (QED) is 0.269. The van der Waals surface area contributed by atoms with Crippen molar-refractivity contribution in [3.63, 3.8) is 0 Å². The Hall–Kier alpha value is -2.86. The van der Waals surface area contributed by atoms with Crippen LogP contribution in [0.4, 0.5) is 0 Å². The van der Waals surface area contributed by atoms with Crippen molar-refractivity contribution >= 4 is 12.0 Å². The molecule has 1 aromatic carbocycles. The molecule has 0 unspecified atom stereocenters. The molecule has 1 aromatic rings. The molecule has 3 heteroatoms. The number of nitrogens with zero attached hydrogens (tertiary/aromatic N) is 1. The monoisotopic (exact) mass is 281 g/mol. The van der Waals surface area contributed by atoms with Crippen LogP contribution >= 0.6 is 0 Å². The van der Waals surface area contributed by atoms with E-state index < -0.39 is 0 Å². The lowest BCUT2D eigenvalue weighted by Crippen LogP contribution is -1.98. The Morgan fingerprint density at radius 2 is 2.05 bits per heavy atom. The first-order valence-corrected chi connectivity index (χ1v) is 6.42. The lowest BCUT2D eigenvalue weighted by Gasteiger charge is -1.93. The number of hydrogen-bond acceptors (Lipinski definition) is 3. The Labute approximate surface area is 126 Å². The van der Waals surface area contributed by atoms with Crippen molar-refractivity contribution in [2.24, 2.45) is 0 Å². The largest absolute Gasteiger partial charge is 0.458 e. The van der Waals surface area contributed by atoms with Crippen LogP contribution in [-0.2, 0) is 9.53 Å². The maximum absolute atomic E-state index is 10.3. The van der Waals surface area contributed by atoms with Crippen molar-refractivity contribution in [1.82, 2.24) is 0 Å². The SMILES string of the molecule is C=CC(=O)OCC=CC.N#CC=CC=Cc1ccccc1. The van der Waals surface area contributed by atoms with Gasteiger partial charge >= 0.3 is 5.97 Å². The minimum absolute atomic E-state index is 0.335. The molecule has 0 aliphatic rings. The normalized spacial score (nSPS) is 10.1. The predicted octanol–water partition coefficient (Wildman–Crippen LogP) is 4.07. The smallest absolute Gasteiger partial charge is 0.330 e. The Kier molecular flexibility index (Phi) is 11.7. The lowest BCUT2D eigenvalue weighted by molar-refractivity contribution is -0.136. The van der Waals surface area contributed by atoms with Crippen LogP contribution in [0, 0.1) is 11.3 Å². The van der Waals surface area contributed by atoms with Crippen LogP contribution in [0.25, 0.3) is 6.08 Å². The van der Waals surface area contributed by atoms with E-state index in [0.29, 0.717) is 6.61 Å². The van der Waals surface area contributed by atoms with Gasteiger partial charge in [-0.3, -0.25) is 0 Å². The van der Waals surface area contributed by atoms with Gasteiger partial charge in [0.15, 0.2) is 0 Å². The zero-order valence-electron chi connectivity index (χ0n) is 12.1. The minimum atomic E-state index is -0.381. The van der Waals surface area contributed by atoms with Crippen LogP contribution in [0.5, 0.6) is 0 Å². The van der Waals surface area contributed by atoms with Crippen LogP contribution in [0.15, 0.2) is 73.4 Å². The van der Waals surface area contributed by atoms with E-state index in [1.807, 2.05) is 61.6 Å². The summed E-state index contributed by atoms with van der Waals surface area (Å²) in [5, 5.41) is 8.19. The van der Waals surface area contributed by atoms with E-state index in [2.05, 4.69) is 11.3 Å². The average molecular weight is 281 g/mol. The van der Waals surface area contributed by atoms with Crippen molar-refractivity contribution in [3.05, 3.63) is 78.9 Å². The maximum Gasteiger partial charge on any atom is 0.330 e. The van der Waals surface area contributed by atoms with Crippen molar-refractivity contribution in [2.45, 2.75) is 6.92 Å². The molecule has 0 heterocycles. The number of esters is 1. The van der Waals surface area contributed by atoms with Crippen molar-refractivity contribution in [1.29, 1.82) is 5.26 Å². The molecule has 21 heavy (non-hydrogen) atoms. The third-order valence-corrected chi connectivity index (χ3v) is 2.09. The van der Waals surface area contributed by atoms with Gasteiger partial charge in [0, 0.05) is 12.2 Å². The molecule has 0 fully saturated rings. The Balaban J connectivity index is 0.000000400. The molecule has 0 bridgehead atoms. The second kappa shape index (κ2) is 13.6. The summed E-state index contributed by atoms with van der Waals surface area (Å²) in [7, 11) is 0. The average Bonchev–Trinajstić information content (AvgIpc) is 2.53. The van der Waals surface area contributed by atoms with Gasteiger partial charge in [-0.25, -0.2) is 4.79 Å². The summed E-state index contributed by atoms with van der Waals surface area (Å²) in [5.41, 5.74) is 1.14. The standard InChI is InChI=1S/C11H9N.C7H10O2/c12-10-6-2-5-9-11-7-3-1-4-8-11;1-3-5-6-9-7(8)4-2/h1-9H;3-5H,2,6H2,1H3. The number of hydrogen-bond donors (Lipinski definition) is 0. The van der Waals surface area contributed by atoms with E-state index in [9.17, 15) is 4.79 Å². The minimum Gasteiger partial charge on any atom is -0.458 e. The highest BCUT2D eigenvalue weighted by atomic mass is 16.5. The molecule has 0 radical (unpaired) electrons. The zero-order valence-corrected chi connectivity index (χ0v) is 12.1. The van der Waals surface area contributed by atoms with Crippen LogP contribution in [0.2, 0.25) is 0 Å². The molecule has 1 rings (SSSR count). The molecular weight excluding hydrogens is 262 g/mol. The second-order valence-corrected chi connectivity index (χ2v) is 3.66. The number of nitriles is 1. The van der Waals surface area contributed by atoms with Gasteiger partial charge in [0.1, 0.15) is 6.61 Å². The lowest BCUT2D eigenvalue weighted by atomic mass is 10.2. The molecule has 0 saturated heterocycles. The van der Waals surface area contributed by atoms with Gasteiger partial charge in [0.05, 0.1) is 6.07 Å². The Morgan fingerprint density at radius 1 is 1.33 bits per heavy atom. The first kappa shape index (κ1) is 18.1. The van der Waals surface area contributed by atoms with Crippen LogP contribution in [-0.4, -0.2) is 12.6 Å². The van der Waals surface area contributed by atoms with Gasteiger partial charge in [-0.2, -0.15) is 5.26 Å². The second-order valence-electron chi connectivity index (χ2n) is 3.66. The van der Waals surface area contributed by atoms with E-state index in [0.717, 1.165) is 11.6 Å². The number of ether oxygens (including phenoxy) is 1. The van der Waals surface area contributed by atoms with E-state index in [4.69, 9.17) is 5.26 Å². The molecule has 108 valence electrons. The van der Waals surface area contributed by atoms with Crippen LogP contribution in [0.3, 0.4) is 0 Å². The number of rotatable bonds is 5. The number of carbonyl (C=O) groups excluding carboxylic acids is 1. The summed E-state index contributed by atoms with van der Waals surface area (Å²) in [4.78, 5) is 10.3. The Bertz CT molecular complexity index is 534. The third kappa shape index (κ3) is 11.9. The third-order valence-electron chi connectivity index (χ3n) is 2.09.